The number of aliphatic hydroxyl groups is 1. The Bertz CT molecular complexity index is 913. The standard InChI is InChI=1S/C26H35ClN2O4/c1-6-8-9-22(14-15-24(30)31)33-25-28-18-20(23(29-25)16-17-27)12-10-19(3)11-13-21(7-2)26(4,5)32/h7-14,16-17,19,32H,6,15,18H2,1-5H3,(H,28,29)(H,30,31)/b9-8-,12-10+,13-11-,17-16+,21-7+,22-14+. The van der Waals surface area contributed by atoms with Crippen molar-refractivity contribution in [2.24, 2.45) is 10.9 Å². The van der Waals surface area contributed by atoms with E-state index in [-0.39, 0.29) is 18.4 Å². The van der Waals surface area contributed by atoms with Crippen LogP contribution in [-0.4, -0.2) is 34.3 Å². The lowest BCUT2D eigenvalue weighted by Crippen LogP contribution is -2.29. The second-order valence-electron chi connectivity index (χ2n) is 7.98. The molecule has 0 radical (unpaired) electrons. The molecule has 7 heteroatoms. The molecule has 6 nitrogen and oxygen atoms in total. The highest BCUT2D eigenvalue weighted by atomic mass is 35.5. The van der Waals surface area contributed by atoms with Crippen LogP contribution < -0.4 is 5.32 Å². The maximum atomic E-state index is 10.9. The van der Waals surface area contributed by atoms with Crippen LogP contribution in [0.5, 0.6) is 0 Å². The molecule has 180 valence electrons. The van der Waals surface area contributed by atoms with E-state index >= 15 is 0 Å². The molecule has 0 aromatic rings. The van der Waals surface area contributed by atoms with Crippen LogP contribution in [0, 0.1) is 5.92 Å². The fourth-order valence-corrected chi connectivity index (χ4v) is 2.93. The van der Waals surface area contributed by atoms with Crippen molar-refractivity contribution in [3.8, 4) is 0 Å². The van der Waals surface area contributed by atoms with E-state index in [1.165, 1.54) is 11.6 Å². The second kappa shape index (κ2) is 14.3. The van der Waals surface area contributed by atoms with Crippen molar-refractivity contribution in [3.63, 3.8) is 0 Å². The van der Waals surface area contributed by atoms with E-state index in [1.54, 1.807) is 26.0 Å². The molecule has 0 saturated carbocycles. The highest BCUT2D eigenvalue weighted by Gasteiger charge is 2.16. The maximum Gasteiger partial charge on any atom is 0.307 e. The molecule has 1 rings (SSSR count). The van der Waals surface area contributed by atoms with Crippen LogP contribution in [0.3, 0.4) is 0 Å². The molecule has 1 heterocycles. The molecule has 1 unspecified atom stereocenters. The van der Waals surface area contributed by atoms with E-state index < -0.39 is 11.6 Å². The van der Waals surface area contributed by atoms with Crippen LogP contribution in [0.2, 0.25) is 0 Å². The minimum atomic E-state index is -0.940. The minimum absolute atomic E-state index is 0.127. The number of carbonyl (C=O) groups is 1. The highest BCUT2D eigenvalue weighted by molar-refractivity contribution is 6.25. The number of hydrogen-bond donors (Lipinski definition) is 3. The summed E-state index contributed by atoms with van der Waals surface area (Å²) in [7, 11) is 0. The Morgan fingerprint density at radius 2 is 2.03 bits per heavy atom. The molecule has 0 saturated heterocycles. The van der Waals surface area contributed by atoms with Crippen LogP contribution in [-0.2, 0) is 9.53 Å². The number of ether oxygens (including phenoxy) is 1. The molecule has 0 bridgehead atoms. The predicted molar refractivity (Wildman–Crippen MR) is 136 cm³/mol. The number of carboxylic acid groups (broad SMARTS) is 1. The van der Waals surface area contributed by atoms with E-state index in [2.05, 4.69) is 17.2 Å². The summed E-state index contributed by atoms with van der Waals surface area (Å²) in [6, 6.07) is 0.269. The fourth-order valence-electron chi connectivity index (χ4n) is 2.81. The van der Waals surface area contributed by atoms with Crippen LogP contribution in [0.25, 0.3) is 0 Å². The number of nitrogens with one attached hydrogen (secondary N) is 1. The van der Waals surface area contributed by atoms with Gasteiger partial charge in [0.1, 0.15) is 5.76 Å². The van der Waals surface area contributed by atoms with Crippen LogP contribution in [0.4, 0.5) is 0 Å². The molecule has 3 N–H and O–H groups in total. The first-order chi connectivity index (χ1) is 15.6. The summed E-state index contributed by atoms with van der Waals surface area (Å²) in [6.45, 7) is 9.82. The molecule has 0 aromatic carbocycles. The van der Waals surface area contributed by atoms with E-state index in [9.17, 15) is 9.90 Å². The number of halogens is 1. The van der Waals surface area contributed by atoms with Crippen molar-refractivity contribution in [3.05, 3.63) is 82.8 Å². The van der Waals surface area contributed by atoms with Gasteiger partial charge in [-0.2, -0.15) is 0 Å². The summed E-state index contributed by atoms with van der Waals surface area (Å²) in [5.41, 5.74) is 3.03. The third-order valence-corrected chi connectivity index (χ3v) is 4.74. The Balaban J connectivity index is 2.96. The number of allylic oxidation sites excluding steroid dienone is 6. The lowest BCUT2D eigenvalue weighted by Gasteiger charge is -2.19. The molecular weight excluding hydrogens is 440 g/mol. The number of nitrogens with zero attached hydrogens (tertiary/aromatic N) is 1. The van der Waals surface area contributed by atoms with Gasteiger partial charge in [-0.25, -0.2) is 4.99 Å². The summed E-state index contributed by atoms with van der Waals surface area (Å²) in [5, 5.41) is 22.2. The minimum Gasteiger partial charge on any atom is -0.481 e. The lowest BCUT2D eigenvalue weighted by atomic mass is 9.96. The number of amidine groups is 1. The van der Waals surface area contributed by atoms with E-state index in [0.29, 0.717) is 12.3 Å². The van der Waals surface area contributed by atoms with Gasteiger partial charge >= 0.3 is 5.97 Å². The lowest BCUT2D eigenvalue weighted by molar-refractivity contribution is -0.136. The number of carboxylic acids is 1. The van der Waals surface area contributed by atoms with Crippen molar-refractivity contribution in [2.75, 3.05) is 6.54 Å². The van der Waals surface area contributed by atoms with Gasteiger partial charge in [-0.15, -0.1) is 0 Å². The molecule has 0 aliphatic carbocycles. The Morgan fingerprint density at radius 3 is 2.61 bits per heavy atom. The zero-order valence-electron chi connectivity index (χ0n) is 20.0. The number of aliphatic carboxylic acids is 1. The largest absolute Gasteiger partial charge is 0.481 e. The van der Waals surface area contributed by atoms with Crippen molar-refractivity contribution >= 4 is 23.6 Å². The average Bonchev–Trinajstić information content (AvgIpc) is 2.74. The summed E-state index contributed by atoms with van der Waals surface area (Å²) < 4.78 is 5.78. The third kappa shape index (κ3) is 11.0. The van der Waals surface area contributed by atoms with Gasteiger partial charge in [-0.3, -0.25) is 4.79 Å². The van der Waals surface area contributed by atoms with Crippen molar-refractivity contribution < 1.29 is 19.7 Å². The highest BCUT2D eigenvalue weighted by Crippen LogP contribution is 2.19. The summed E-state index contributed by atoms with van der Waals surface area (Å²) in [6.07, 6.45) is 17.3. The normalized spacial score (nSPS) is 17.4. The first-order valence-corrected chi connectivity index (χ1v) is 11.4. The molecule has 0 spiro atoms. The molecule has 1 atom stereocenters. The molecule has 1 aliphatic heterocycles. The van der Waals surface area contributed by atoms with Crippen LogP contribution in [0.1, 0.15) is 47.5 Å². The Hall–Kier alpha value is -2.83. The molecule has 33 heavy (non-hydrogen) atoms. The van der Waals surface area contributed by atoms with Crippen LogP contribution >= 0.6 is 11.6 Å². The molecule has 0 amide bonds. The van der Waals surface area contributed by atoms with Crippen molar-refractivity contribution in [2.45, 2.75) is 53.1 Å². The fraction of sp³-hybridized carbons (Fsp3) is 0.385. The molecule has 0 fully saturated rings. The number of hydrogen-bond acceptors (Lipinski definition) is 5. The number of aliphatic imine (C=N–C) groups is 1. The molecule has 1 aliphatic rings. The first kappa shape index (κ1) is 28.2. The van der Waals surface area contributed by atoms with E-state index in [4.69, 9.17) is 21.4 Å². The van der Waals surface area contributed by atoms with Gasteiger partial charge in [0.15, 0.2) is 0 Å². The molecule has 0 aromatic heterocycles. The van der Waals surface area contributed by atoms with Gasteiger partial charge in [0.25, 0.3) is 6.02 Å². The smallest absolute Gasteiger partial charge is 0.307 e. The van der Waals surface area contributed by atoms with Gasteiger partial charge in [0.2, 0.25) is 0 Å². The van der Waals surface area contributed by atoms with E-state index in [1.807, 2.05) is 50.3 Å². The van der Waals surface area contributed by atoms with Gasteiger partial charge in [0, 0.05) is 11.2 Å². The number of rotatable bonds is 11. The topological polar surface area (TPSA) is 91.2 Å². The summed E-state index contributed by atoms with van der Waals surface area (Å²) >= 11 is 5.82. The predicted octanol–water partition coefficient (Wildman–Crippen LogP) is 5.76. The van der Waals surface area contributed by atoms with Gasteiger partial charge in [-0.1, -0.05) is 61.9 Å². The van der Waals surface area contributed by atoms with E-state index in [0.717, 1.165) is 23.3 Å². The summed E-state index contributed by atoms with van der Waals surface area (Å²) in [5.74, 6) is -0.406. The third-order valence-electron chi connectivity index (χ3n) is 4.62. The Labute approximate surface area is 202 Å². The SMILES string of the molecule is C/C=C(\C=C/C(C)/C=C/C1=C(/C=C/Cl)NC(OC(/C=C\CC)=C/CC(=O)O)=NC1)C(C)(C)O. The quantitative estimate of drug-likeness (QED) is 0.261. The van der Waals surface area contributed by atoms with Crippen molar-refractivity contribution in [1.29, 1.82) is 0 Å². The van der Waals surface area contributed by atoms with Gasteiger partial charge in [-0.05, 0) is 62.5 Å². The Kier molecular flexibility index (Phi) is 12.3. The van der Waals surface area contributed by atoms with Crippen molar-refractivity contribution in [1.82, 2.24) is 5.32 Å². The first-order valence-electron chi connectivity index (χ1n) is 10.9. The Morgan fingerprint density at radius 1 is 1.30 bits per heavy atom. The van der Waals surface area contributed by atoms with Gasteiger partial charge in [0.05, 0.1) is 18.6 Å². The monoisotopic (exact) mass is 474 g/mol. The zero-order chi connectivity index (χ0) is 24.9. The second-order valence-corrected chi connectivity index (χ2v) is 8.23. The summed E-state index contributed by atoms with van der Waals surface area (Å²) in [4.78, 5) is 15.3. The van der Waals surface area contributed by atoms with Gasteiger partial charge < -0.3 is 20.3 Å². The molecular formula is C26H35ClN2O4. The average molecular weight is 475 g/mol. The zero-order valence-corrected chi connectivity index (χ0v) is 20.8. The van der Waals surface area contributed by atoms with Crippen LogP contribution in [0.15, 0.2) is 87.8 Å². The maximum absolute atomic E-state index is 10.9.